The van der Waals surface area contributed by atoms with Crippen LogP contribution in [0.4, 0.5) is 4.39 Å². The number of likely N-dealkylation sites (N-methyl/N-ethyl adjacent to an activating group) is 1. The molecule has 1 aliphatic rings. The largest absolute Gasteiger partial charge is 0.339 e. The minimum atomic E-state index is -0.223. The number of nitrogens with zero attached hydrogens (tertiary/aromatic N) is 3. The fourth-order valence-corrected chi connectivity index (χ4v) is 3.40. The highest BCUT2D eigenvalue weighted by Gasteiger charge is 2.28. The minimum absolute atomic E-state index is 0.0721. The molecule has 0 aliphatic carbocycles. The van der Waals surface area contributed by atoms with Crippen molar-refractivity contribution in [2.45, 2.75) is 19.9 Å². The Hall–Kier alpha value is -1.98. The number of hydrogen-bond donors (Lipinski definition) is 0. The van der Waals surface area contributed by atoms with Gasteiger partial charge in [-0.3, -0.25) is 9.69 Å². The molecule has 0 N–H and O–H groups in total. The van der Waals surface area contributed by atoms with Gasteiger partial charge in [0.1, 0.15) is 5.82 Å². The van der Waals surface area contributed by atoms with Crippen molar-refractivity contribution < 1.29 is 9.18 Å². The Bertz CT molecular complexity index is 644. The monoisotopic (exact) mass is 359 g/mol. The highest BCUT2D eigenvalue weighted by atomic mass is 19.1. The summed E-state index contributed by atoms with van der Waals surface area (Å²) in [6.45, 7) is 7.52. The third-order valence-electron chi connectivity index (χ3n) is 4.68. The van der Waals surface area contributed by atoms with Gasteiger partial charge in [0.15, 0.2) is 0 Å². The molecule has 1 atom stereocenters. The molecule has 4 nitrogen and oxygen atoms in total. The Kier molecular flexibility index (Phi) is 7.54. The first-order valence-corrected chi connectivity index (χ1v) is 9.17. The van der Waals surface area contributed by atoms with Crippen molar-refractivity contribution in [2.75, 3.05) is 46.8 Å². The van der Waals surface area contributed by atoms with Gasteiger partial charge in [0, 0.05) is 26.2 Å². The lowest BCUT2D eigenvalue weighted by Gasteiger charge is -2.40. The van der Waals surface area contributed by atoms with Crippen LogP contribution in [0.1, 0.15) is 25.5 Å². The molecule has 5 heteroatoms. The summed E-state index contributed by atoms with van der Waals surface area (Å²) < 4.78 is 13.4. The molecule has 1 aliphatic heterocycles. The quantitative estimate of drug-likeness (QED) is 0.731. The molecule has 1 saturated heterocycles. The van der Waals surface area contributed by atoms with Crippen molar-refractivity contribution in [2.24, 2.45) is 0 Å². The van der Waals surface area contributed by atoms with Gasteiger partial charge >= 0.3 is 0 Å². The highest BCUT2D eigenvalue weighted by molar-refractivity contribution is 5.78. The van der Waals surface area contributed by atoms with Gasteiger partial charge in [0.2, 0.25) is 5.91 Å². The Balaban J connectivity index is 2.17. The Morgan fingerprint density at radius 3 is 2.27 bits per heavy atom. The summed E-state index contributed by atoms with van der Waals surface area (Å²) in [5, 5.41) is 0. The van der Waals surface area contributed by atoms with E-state index in [0.29, 0.717) is 6.54 Å². The van der Waals surface area contributed by atoms with E-state index < -0.39 is 0 Å². The highest BCUT2D eigenvalue weighted by Crippen LogP contribution is 2.30. The van der Waals surface area contributed by atoms with E-state index in [-0.39, 0.29) is 17.8 Å². The third kappa shape index (κ3) is 5.26. The molecule has 1 fully saturated rings. The number of carbonyl (C=O) groups is 1. The van der Waals surface area contributed by atoms with Gasteiger partial charge in [-0.05, 0) is 51.2 Å². The van der Waals surface area contributed by atoms with Crippen molar-refractivity contribution in [1.29, 1.82) is 0 Å². The lowest BCUT2D eigenvalue weighted by molar-refractivity contribution is -0.133. The van der Waals surface area contributed by atoms with E-state index in [2.05, 4.69) is 17.1 Å². The summed E-state index contributed by atoms with van der Waals surface area (Å²) in [5.41, 5.74) is 2.26. The molecule has 1 heterocycles. The SMILES string of the molecule is CC=CC(=CC)C(c1ccc(F)cc1)N1CCN(C(=O)CN(C)C)CC1. The van der Waals surface area contributed by atoms with Crippen LogP contribution in [-0.2, 0) is 4.79 Å². The van der Waals surface area contributed by atoms with Crippen LogP contribution in [0.3, 0.4) is 0 Å². The third-order valence-corrected chi connectivity index (χ3v) is 4.68. The van der Waals surface area contributed by atoms with E-state index in [1.807, 2.05) is 56.0 Å². The summed E-state index contributed by atoms with van der Waals surface area (Å²) in [5.74, 6) is -0.0487. The molecule has 0 bridgehead atoms. The number of carbonyl (C=O) groups excluding carboxylic acids is 1. The summed E-state index contributed by atoms with van der Waals surface area (Å²) in [6.07, 6.45) is 6.25. The maximum absolute atomic E-state index is 13.4. The second kappa shape index (κ2) is 9.64. The molecule has 0 saturated carbocycles. The van der Waals surface area contributed by atoms with Crippen molar-refractivity contribution in [3.63, 3.8) is 0 Å². The van der Waals surface area contributed by atoms with Gasteiger partial charge in [-0.25, -0.2) is 4.39 Å². The second-order valence-electron chi connectivity index (χ2n) is 6.90. The number of hydrogen-bond acceptors (Lipinski definition) is 3. The first-order chi connectivity index (χ1) is 12.5. The van der Waals surface area contributed by atoms with Gasteiger partial charge in [-0.2, -0.15) is 0 Å². The van der Waals surface area contributed by atoms with Crippen molar-refractivity contribution in [3.8, 4) is 0 Å². The zero-order valence-electron chi connectivity index (χ0n) is 16.3. The first kappa shape index (κ1) is 20.3. The van der Waals surface area contributed by atoms with Crippen molar-refractivity contribution >= 4 is 5.91 Å². The van der Waals surface area contributed by atoms with E-state index in [9.17, 15) is 9.18 Å². The smallest absolute Gasteiger partial charge is 0.236 e. The lowest BCUT2D eigenvalue weighted by atomic mass is 9.95. The predicted octanol–water partition coefficient (Wildman–Crippen LogP) is 3.10. The summed E-state index contributed by atoms with van der Waals surface area (Å²) in [4.78, 5) is 18.5. The topological polar surface area (TPSA) is 26.8 Å². The van der Waals surface area contributed by atoms with Crippen LogP contribution in [0.25, 0.3) is 0 Å². The fraction of sp³-hybridized carbons (Fsp3) is 0.476. The fourth-order valence-electron chi connectivity index (χ4n) is 3.40. The molecular weight excluding hydrogens is 329 g/mol. The van der Waals surface area contributed by atoms with Gasteiger partial charge < -0.3 is 9.80 Å². The van der Waals surface area contributed by atoms with Crippen LogP contribution in [0.2, 0.25) is 0 Å². The van der Waals surface area contributed by atoms with E-state index in [0.717, 1.165) is 31.7 Å². The van der Waals surface area contributed by atoms with Crippen LogP contribution < -0.4 is 0 Å². The molecule has 1 unspecified atom stereocenters. The summed E-state index contributed by atoms with van der Waals surface area (Å²) in [6, 6.07) is 6.82. The van der Waals surface area contributed by atoms with Crippen molar-refractivity contribution in [1.82, 2.24) is 14.7 Å². The standard InChI is InChI=1S/C21H30FN3O/c1-5-7-17(6-2)21(18-8-10-19(22)11-9-18)25-14-12-24(13-15-25)20(26)16-23(3)4/h5-11,21H,12-16H2,1-4H3. The zero-order chi connectivity index (χ0) is 19.1. The van der Waals surface area contributed by atoms with E-state index in [4.69, 9.17) is 0 Å². The summed E-state index contributed by atoms with van der Waals surface area (Å²) >= 11 is 0. The second-order valence-corrected chi connectivity index (χ2v) is 6.90. The molecule has 142 valence electrons. The van der Waals surface area contributed by atoms with Crippen molar-refractivity contribution in [3.05, 3.63) is 59.4 Å². The number of rotatable bonds is 6. The van der Waals surface area contributed by atoms with Gasteiger partial charge in [-0.1, -0.05) is 30.4 Å². The lowest BCUT2D eigenvalue weighted by Crippen LogP contribution is -2.51. The summed E-state index contributed by atoms with van der Waals surface area (Å²) in [7, 11) is 3.82. The van der Waals surface area contributed by atoms with E-state index in [1.165, 1.54) is 17.7 Å². The van der Waals surface area contributed by atoms with Crippen LogP contribution in [0, 0.1) is 5.82 Å². The van der Waals surface area contributed by atoms with Crippen LogP contribution in [0.15, 0.2) is 48.1 Å². The van der Waals surface area contributed by atoms with Gasteiger partial charge in [0.05, 0.1) is 12.6 Å². The zero-order valence-corrected chi connectivity index (χ0v) is 16.3. The normalized spacial score (nSPS) is 17.9. The number of piperazine rings is 1. The molecule has 0 radical (unpaired) electrons. The molecule has 2 rings (SSSR count). The Morgan fingerprint density at radius 2 is 1.77 bits per heavy atom. The van der Waals surface area contributed by atoms with Gasteiger partial charge in [0.25, 0.3) is 0 Å². The molecule has 0 aromatic heterocycles. The maximum atomic E-state index is 13.4. The molecule has 26 heavy (non-hydrogen) atoms. The number of halogens is 1. The first-order valence-electron chi connectivity index (χ1n) is 9.17. The number of allylic oxidation sites excluding steroid dienone is 2. The van der Waals surface area contributed by atoms with Gasteiger partial charge in [-0.15, -0.1) is 0 Å². The Morgan fingerprint density at radius 1 is 1.15 bits per heavy atom. The maximum Gasteiger partial charge on any atom is 0.236 e. The average Bonchev–Trinajstić information content (AvgIpc) is 2.62. The number of benzene rings is 1. The van der Waals surface area contributed by atoms with E-state index in [1.54, 1.807) is 0 Å². The average molecular weight is 359 g/mol. The predicted molar refractivity (Wildman–Crippen MR) is 104 cm³/mol. The molecule has 0 spiro atoms. The van der Waals surface area contributed by atoms with Crippen LogP contribution >= 0.6 is 0 Å². The van der Waals surface area contributed by atoms with Crippen LogP contribution in [-0.4, -0.2) is 67.4 Å². The molecule has 1 amide bonds. The molecule has 1 aromatic carbocycles. The van der Waals surface area contributed by atoms with Crippen LogP contribution in [0.5, 0.6) is 0 Å². The number of amides is 1. The van der Waals surface area contributed by atoms with E-state index >= 15 is 0 Å². The molecular formula is C21H30FN3O. The molecule has 1 aromatic rings. The Labute approximate surface area is 156 Å². The minimum Gasteiger partial charge on any atom is -0.339 e.